The number of imide groups is 1. The quantitative estimate of drug-likeness (QED) is 0.441. The molecule has 0 aromatic carbocycles. The molecule has 5 atom stereocenters. The largest absolute Gasteiger partial charge is 0.471 e. The Morgan fingerprint density at radius 1 is 1.39 bits per heavy atom. The van der Waals surface area contributed by atoms with Crippen LogP contribution in [0.15, 0.2) is 12.2 Å². The van der Waals surface area contributed by atoms with Crippen molar-refractivity contribution in [1.82, 2.24) is 10.6 Å². The first-order chi connectivity index (χ1) is 10.6. The van der Waals surface area contributed by atoms with Gasteiger partial charge in [-0.15, -0.1) is 0 Å². The molecule has 11 heteroatoms. The first-order valence-electron chi connectivity index (χ1n) is 6.50. The van der Waals surface area contributed by atoms with Crippen molar-refractivity contribution in [1.29, 1.82) is 0 Å². The molecule has 2 heterocycles. The van der Waals surface area contributed by atoms with Gasteiger partial charge in [0.05, 0.1) is 24.7 Å². The van der Waals surface area contributed by atoms with Crippen molar-refractivity contribution in [3.05, 3.63) is 12.2 Å². The molecule has 4 N–H and O–H groups in total. The average Bonchev–Trinajstić information content (AvgIpc) is 2.75. The molecule has 0 spiro atoms. The van der Waals surface area contributed by atoms with E-state index in [1.54, 1.807) is 5.32 Å². The summed E-state index contributed by atoms with van der Waals surface area (Å²) < 4.78 is 42.3. The number of hydrogen-bond acceptors (Lipinski definition) is 6. The molecule has 5 unspecified atom stereocenters. The Balaban J connectivity index is 2.24. The van der Waals surface area contributed by atoms with Gasteiger partial charge in [-0.3, -0.25) is 19.7 Å². The molecule has 2 rings (SSSR count). The molecule has 2 aliphatic rings. The van der Waals surface area contributed by atoms with Crippen LogP contribution in [-0.2, 0) is 19.1 Å². The van der Waals surface area contributed by atoms with Gasteiger partial charge in [-0.2, -0.15) is 13.2 Å². The molecule has 128 valence electrons. The van der Waals surface area contributed by atoms with E-state index in [1.807, 2.05) is 5.32 Å². The van der Waals surface area contributed by atoms with Crippen LogP contribution in [0, 0.1) is 5.92 Å². The summed E-state index contributed by atoms with van der Waals surface area (Å²) in [6, 6.07) is -1.59. The van der Waals surface area contributed by atoms with Gasteiger partial charge in [0.25, 0.3) is 0 Å². The summed E-state index contributed by atoms with van der Waals surface area (Å²) in [6.45, 7) is -0.729. The molecule has 1 saturated heterocycles. The minimum Gasteiger partial charge on any atom is -0.394 e. The predicted molar refractivity (Wildman–Crippen MR) is 65.5 cm³/mol. The van der Waals surface area contributed by atoms with Crippen molar-refractivity contribution < 1.29 is 42.5 Å². The van der Waals surface area contributed by atoms with E-state index >= 15 is 0 Å². The van der Waals surface area contributed by atoms with Crippen LogP contribution in [0.5, 0.6) is 0 Å². The number of hydrogen-bond donors (Lipinski definition) is 4. The first-order valence-corrected chi connectivity index (χ1v) is 6.50. The lowest BCUT2D eigenvalue weighted by atomic mass is 9.91. The molecule has 0 aliphatic carbocycles. The number of halogens is 3. The van der Waals surface area contributed by atoms with Crippen LogP contribution < -0.4 is 10.6 Å². The number of nitrogens with one attached hydrogen (secondary N) is 2. The molecule has 0 radical (unpaired) electrons. The number of ether oxygens (including phenoxy) is 1. The third-order valence-electron chi connectivity index (χ3n) is 3.53. The van der Waals surface area contributed by atoms with Gasteiger partial charge in [-0.25, -0.2) is 0 Å². The molecular weight excluding hydrogens is 325 g/mol. The minimum absolute atomic E-state index is 0.709. The Morgan fingerprint density at radius 3 is 2.57 bits per heavy atom. The van der Waals surface area contributed by atoms with Gasteiger partial charge in [0.2, 0.25) is 11.8 Å². The average molecular weight is 338 g/mol. The van der Waals surface area contributed by atoms with E-state index in [9.17, 15) is 32.7 Å². The van der Waals surface area contributed by atoms with E-state index in [-0.39, 0.29) is 0 Å². The molecule has 1 fully saturated rings. The van der Waals surface area contributed by atoms with Gasteiger partial charge in [0.1, 0.15) is 12.2 Å². The van der Waals surface area contributed by atoms with Crippen LogP contribution in [0.2, 0.25) is 0 Å². The number of alkyl halides is 3. The lowest BCUT2D eigenvalue weighted by Crippen LogP contribution is -2.55. The van der Waals surface area contributed by atoms with E-state index < -0.39 is 60.8 Å². The monoisotopic (exact) mass is 338 g/mol. The molecule has 8 nitrogen and oxygen atoms in total. The normalized spacial score (nSPS) is 34.4. The Hall–Kier alpha value is -1.98. The highest BCUT2D eigenvalue weighted by Crippen LogP contribution is 2.29. The lowest BCUT2D eigenvalue weighted by molar-refractivity contribution is -0.175. The fraction of sp³-hybridized carbons (Fsp3) is 0.583. The second-order valence-corrected chi connectivity index (χ2v) is 5.05. The Bertz CT molecular complexity index is 549. The maximum atomic E-state index is 12.4. The van der Waals surface area contributed by atoms with Crippen LogP contribution in [0.4, 0.5) is 13.2 Å². The second-order valence-electron chi connectivity index (χ2n) is 5.05. The SMILES string of the molecule is O=C1C=CC(C2OC(CO)C(O)C2NC(=O)C(F)(F)F)C(=O)N1. The topological polar surface area (TPSA) is 125 Å². The molecule has 2 aliphatic heterocycles. The summed E-state index contributed by atoms with van der Waals surface area (Å²) in [4.78, 5) is 33.9. The fourth-order valence-electron chi connectivity index (χ4n) is 2.44. The Labute approximate surface area is 127 Å². The third-order valence-corrected chi connectivity index (χ3v) is 3.53. The number of aliphatic hydroxyl groups is 2. The van der Waals surface area contributed by atoms with Gasteiger partial charge >= 0.3 is 12.1 Å². The third kappa shape index (κ3) is 3.51. The summed E-state index contributed by atoms with van der Waals surface area (Å²) in [6.07, 6.45) is -7.42. The molecule has 0 aromatic rings. The summed E-state index contributed by atoms with van der Waals surface area (Å²) in [5, 5.41) is 22.5. The zero-order valence-corrected chi connectivity index (χ0v) is 11.4. The first kappa shape index (κ1) is 17.4. The maximum absolute atomic E-state index is 12.4. The Kier molecular flexibility index (Phi) is 4.73. The van der Waals surface area contributed by atoms with Crippen LogP contribution in [0.25, 0.3) is 0 Å². The van der Waals surface area contributed by atoms with Crippen molar-refractivity contribution >= 4 is 17.7 Å². The van der Waals surface area contributed by atoms with E-state index in [0.717, 1.165) is 12.2 Å². The second kappa shape index (κ2) is 6.26. The highest BCUT2D eigenvalue weighted by Gasteiger charge is 2.51. The van der Waals surface area contributed by atoms with Gasteiger partial charge in [0.15, 0.2) is 0 Å². The zero-order valence-electron chi connectivity index (χ0n) is 11.4. The zero-order chi connectivity index (χ0) is 17.4. The number of amides is 3. The van der Waals surface area contributed by atoms with Crippen molar-refractivity contribution in [3.63, 3.8) is 0 Å². The number of carbonyl (C=O) groups excluding carboxylic acids is 3. The van der Waals surface area contributed by atoms with E-state index in [4.69, 9.17) is 9.84 Å². The molecule has 0 bridgehead atoms. The molecule has 0 aromatic heterocycles. The molecule has 3 amide bonds. The van der Waals surface area contributed by atoms with E-state index in [1.165, 1.54) is 0 Å². The lowest BCUT2D eigenvalue weighted by Gasteiger charge is -2.27. The highest BCUT2D eigenvalue weighted by atomic mass is 19.4. The summed E-state index contributed by atoms with van der Waals surface area (Å²) in [5.41, 5.74) is 0. The fourth-order valence-corrected chi connectivity index (χ4v) is 2.44. The van der Waals surface area contributed by atoms with E-state index in [0.29, 0.717) is 0 Å². The van der Waals surface area contributed by atoms with Crippen molar-refractivity contribution in [2.75, 3.05) is 6.61 Å². The molecule has 0 saturated carbocycles. The Morgan fingerprint density at radius 2 is 2.04 bits per heavy atom. The van der Waals surface area contributed by atoms with Crippen molar-refractivity contribution in [3.8, 4) is 0 Å². The van der Waals surface area contributed by atoms with Gasteiger partial charge in [0, 0.05) is 6.08 Å². The van der Waals surface area contributed by atoms with Crippen LogP contribution in [-0.4, -0.2) is 65.1 Å². The smallest absolute Gasteiger partial charge is 0.394 e. The summed E-state index contributed by atoms with van der Waals surface area (Å²) in [5.74, 6) is -5.08. The standard InChI is InChI=1S/C12H13F3N2O6/c13-12(14,15)11(22)17-7-8(20)5(3-18)23-9(7)4-1-2-6(19)16-10(4)21/h1-2,4-5,7-9,18,20H,3H2,(H,17,22)(H,16,19,21). The van der Waals surface area contributed by atoms with Crippen LogP contribution >= 0.6 is 0 Å². The maximum Gasteiger partial charge on any atom is 0.471 e. The predicted octanol–water partition coefficient (Wildman–Crippen LogP) is -2.02. The van der Waals surface area contributed by atoms with Crippen molar-refractivity contribution in [2.24, 2.45) is 5.92 Å². The molecular formula is C12H13F3N2O6. The van der Waals surface area contributed by atoms with Gasteiger partial charge in [-0.1, -0.05) is 6.08 Å². The van der Waals surface area contributed by atoms with Crippen LogP contribution in [0.3, 0.4) is 0 Å². The van der Waals surface area contributed by atoms with Gasteiger partial charge < -0.3 is 20.3 Å². The van der Waals surface area contributed by atoms with Crippen LogP contribution in [0.1, 0.15) is 0 Å². The van der Waals surface area contributed by atoms with E-state index in [2.05, 4.69) is 0 Å². The summed E-state index contributed by atoms with van der Waals surface area (Å²) >= 11 is 0. The number of carbonyl (C=O) groups is 3. The minimum atomic E-state index is -5.19. The molecule has 23 heavy (non-hydrogen) atoms. The van der Waals surface area contributed by atoms with Gasteiger partial charge in [-0.05, 0) is 0 Å². The number of rotatable bonds is 3. The highest BCUT2D eigenvalue weighted by molar-refractivity contribution is 6.05. The summed E-state index contributed by atoms with van der Waals surface area (Å²) in [7, 11) is 0. The van der Waals surface area contributed by atoms with Crippen molar-refractivity contribution in [2.45, 2.75) is 30.5 Å². The number of aliphatic hydroxyl groups excluding tert-OH is 2.